The van der Waals surface area contributed by atoms with Crippen LogP contribution in [0.1, 0.15) is 18.4 Å². The lowest BCUT2D eigenvalue weighted by molar-refractivity contribution is -0.142. The number of fused-ring (bicyclic) bond motifs is 1. The summed E-state index contributed by atoms with van der Waals surface area (Å²) in [5, 5.41) is 0. The molecule has 30 heavy (non-hydrogen) atoms. The van der Waals surface area contributed by atoms with Crippen molar-refractivity contribution < 1.29 is 9.59 Å². The monoisotopic (exact) mass is 406 g/mol. The molecule has 2 aliphatic heterocycles. The molecule has 0 spiro atoms. The molecule has 6 nitrogen and oxygen atoms in total. The van der Waals surface area contributed by atoms with Crippen LogP contribution >= 0.6 is 0 Å². The molecule has 2 aromatic rings. The Kier molecular flexibility index (Phi) is 5.75. The molecule has 6 heteroatoms. The normalized spacial score (nSPS) is 23.6. The Bertz CT molecular complexity index is 887. The molecule has 1 aromatic heterocycles. The first-order valence-corrected chi connectivity index (χ1v) is 10.7. The van der Waals surface area contributed by atoms with E-state index in [1.165, 1.54) is 0 Å². The molecule has 0 aliphatic carbocycles. The third-order valence-electron chi connectivity index (χ3n) is 6.54. The molecule has 0 N–H and O–H groups in total. The minimum Gasteiger partial charge on any atom is -0.355 e. The van der Waals surface area contributed by atoms with Crippen molar-refractivity contribution >= 4 is 17.6 Å². The lowest BCUT2D eigenvalue weighted by Crippen LogP contribution is -2.47. The van der Waals surface area contributed by atoms with Gasteiger partial charge in [-0.3, -0.25) is 9.59 Å². The highest BCUT2D eigenvalue weighted by atomic mass is 16.2. The Morgan fingerprint density at radius 2 is 1.87 bits per heavy atom. The number of rotatable bonds is 4. The molecular formula is C24H30N4O2. The van der Waals surface area contributed by atoms with Crippen molar-refractivity contribution in [3.05, 3.63) is 60.3 Å². The van der Waals surface area contributed by atoms with Gasteiger partial charge < -0.3 is 14.7 Å². The van der Waals surface area contributed by atoms with E-state index in [1.807, 2.05) is 67.5 Å². The number of benzene rings is 1. The molecule has 158 valence electrons. The number of aromatic nitrogens is 1. The van der Waals surface area contributed by atoms with Crippen LogP contribution < -0.4 is 4.90 Å². The van der Waals surface area contributed by atoms with Gasteiger partial charge in [-0.25, -0.2) is 4.98 Å². The third-order valence-corrected chi connectivity index (χ3v) is 6.54. The summed E-state index contributed by atoms with van der Waals surface area (Å²) in [5.74, 6) is 1.31. The molecule has 0 saturated carbocycles. The van der Waals surface area contributed by atoms with Crippen molar-refractivity contribution in [1.29, 1.82) is 0 Å². The van der Waals surface area contributed by atoms with E-state index in [9.17, 15) is 9.59 Å². The zero-order chi connectivity index (χ0) is 21.1. The Balaban J connectivity index is 1.58. The van der Waals surface area contributed by atoms with Crippen LogP contribution in [0.3, 0.4) is 0 Å². The minimum absolute atomic E-state index is 0.0941. The highest BCUT2D eigenvalue weighted by molar-refractivity contribution is 5.85. The first kappa shape index (κ1) is 20.4. The summed E-state index contributed by atoms with van der Waals surface area (Å²) in [6.45, 7) is 2.74. The van der Waals surface area contributed by atoms with E-state index in [-0.39, 0.29) is 17.7 Å². The molecule has 2 amide bonds. The van der Waals surface area contributed by atoms with Crippen LogP contribution in [0.15, 0.2) is 54.7 Å². The number of carbonyl (C=O) groups excluding carboxylic acids is 2. The average Bonchev–Trinajstić information content (AvgIpc) is 3.03. The zero-order valence-corrected chi connectivity index (χ0v) is 17.8. The van der Waals surface area contributed by atoms with Crippen molar-refractivity contribution in [2.24, 2.45) is 11.3 Å². The van der Waals surface area contributed by atoms with Crippen LogP contribution in [0.5, 0.6) is 0 Å². The summed E-state index contributed by atoms with van der Waals surface area (Å²) in [6, 6.07) is 15.8. The van der Waals surface area contributed by atoms with Crippen molar-refractivity contribution in [3.63, 3.8) is 0 Å². The second-order valence-corrected chi connectivity index (χ2v) is 8.73. The zero-order valence-electron chi connectivity index (χ0n) is 17.8. The Hall–Kier alpha value is -2.89. The standard InChI is InChI=1S/C24H30N4O2/c1-26(2)23(30)24-12-8-14-27(22(29)15-19-9-4-3-5-10-19)16-20(24)17-28(18-24)21-11-6-7-13-25-21/h3-7,9-11,13,20H,8,12,14-18H2,1-2H3/t20-,24-/m0/s1. The van der Waals surface area contributed by atoms with Gasteiger partial charge in [0.1, 0.15) is 5.82 Å². The smallest absolute Gasteiger partial charge is 0.230 e. The number of amides is 2. The van der Waals surface area contributed by atoms with E-state index in [2.05, 4.69) is 9.88 Å². The molecule has 1 aromatic carbocycles. The fraction of sp³-hybridized carbons (Fsp3) is 0.458. The van der Waals surface area contributed by atoms with Crippen LogP contribution in [0, 0.1) is 11.3 Å². The number of hydrogen-bond donors (Lipinski definition) is 0. The average molecular weight is 407 g/mol. The number of pyridine rings is 1. The van der Waals surface area contributed by atoms with Gasteiger partial charge >= 0.3 is 0 Å². The number of nitrogens with zero attached hydrogens (tertiary/aromatic N) is 4. The van der Waals surface area contributed by atoms with Gasteiger partial charge in [0.05, 0.1) is 11.8 Å². The van der Waals surface area contributed by atoms with Gasteiger partial charge in [0.15, 0.2) is 0 Å². The second-order valence-electron chi connectivity index (χ2n) is 8.73. The Morgan fingerprint density at radius 1 is 1.10 bits per heavy atom. The maximum absolute atomic E-state index is 13.4. The lowest BCUT2D eigenvalue weighted by Gasteiger charge is -2.34. The summed E-state index contributed by atoms with van der Waals surface area (Å²) in [7, 11) is 3.67. The molecule has 2 atom stereocenters. The number of hydrogen-bond acceptors (Lipinski definition) is 4. The highest BCUT2D eigenvalue weighted by Crippen LogP contribution is 2.45. The largest absolute Gasteiger partial charge is 0.355 e. The quantitative estimate of drug-likeness (QED) is 0.783. The van der Waals surface area contributed by atoms with Crippen molar-refractivity contribution in [2.45, 2.75) is 19.3 Å². The Morgan fingerprint density at radius 3 is 2.57 bits per heavy atom. The van der Waals surface area contributed by atoms with Crippen LogP contribution in [-0.4, -0.2) is 66.9 Å². The van der Waals surface area contributed by atoms with E-state index in [0.29, 0.717) is 26.1 Å². The van der Waals surface area contributed by atoms with E-state index in [0.717, 1.165) is 30.8 Å². The fourth-order valence-corrected chi connectivity index (χ4v) is 5.05. The van der Waals surface area contributed by atoms with Crippen LogP contribution in [0.2, 0.25) is 0 Å². The van der Waals surface area contributed by atoms with Crippen LogP contribution in [-0.2, 0) is 16.0 Å². The first-order valence-electron chi connectivity index (χ1n) is 10.7. The molecule has 3 heterocycles. The topological polar surface area (TPSA) is 56.8 Å². The summed E-state index contributed by atoms with van der Waals surface area (Å²) in [5.41, 5.74) is 0.562. The highest BCUT2D eigenvalue weighted by Gasteiger charge is 2.54. The second kappa shape index (κ2) is 8.46. The summed E-state index contributed by atoms with van der Waals surface area (Å²) in [4.78, 5) is 36.9. The van der Waals surface area contributed by atoms with Crippen LogP contribution in [0.25, 0.3) is 0 Å². The molecular weight excluding hydrogens is 376 g/mol. The molecule has 0 bridgehead atoms. The van der Waals surface area contributed by atoms with Crippen molar-refractivity contribution in [1.82, 2.24) is 14.8 Å². The van der Waals surface area contributed by atoms with Gasteiger partial charge in [0, 0.05) is 52.4 Å². The van der Waals surface area contributed by atoms with Gasteiger partial charge in [-0.1, -0.05) is 36.4 Å². The maximum Gasteiger partial charge on any atom is 0.230 e. The van der Waals surface area contributed by atoms with Gasteiger partial charge in [-0.2, -0.15) is 0 Å². The summed E-state index contributed by atoms with van der Waals surface area (Å²) >= 11 is 0. The van der Waals surface area contributed by atoms with Gasteiger partial charge in [-0.05, 0) is 30.5 Å². The predicted octanol–water partition coefficient (Wildman–Crippen LogP) is 2.46. The number of carbonyl (C=O) groups is 2. The van der Waals surface area contributed by atoms with E-state index < -0.39 is 5.41 Å². The maximum atomic E-state index is 13.4. The molecule has 4 rings (SSSR count). The van der Waals surface area contributed by atoms with E-state index >= 15 is 0 Å². The van der Waals surface area contributed by atoms with Crippen LogP contribution in [0.4, 0.5) is 5.82 Å². The van der Waals surface area contributed by atoms with Crippen molar-refractivity contribution in [2.75, 3.05) is 45.2 Å². The number of likely N-dealkylation sites (tertiary alicyclic amines) is 1. The third kappa shape index (κ3) is 3.91. The van der Waals surface area contributed by atoms with E-state index in [4.69, 9.17) is 0 Å². The molecule has 0 radical (unpaired) electrons. The molecule has 2 saturated heterocycles. The Labute approximate surface area is 178 Å². The SMILES string of the molecule is CN(C)C(=O)[C@]12CCCN(C(=O)Cc3ccccc3)C[C@H]1CN(c1ccccn1)C2. The van der Waals surface area contributed by atoms with Crippen molar-refractivity contribution in [3.8, 4) is 0 Å². The summed E-state index contributed by atoms with van der Waals surface area (Å²) < 4.78 is 0. The lowest BCUT2D eigenvalue weighted by atomic mass is 9.74. The predicted molar refractivity (Wildman–Crippen MR) is 117 cm³/mol. The van der Waals surface area contributed by atoms with Gasteiger partial charge in [-0.15, -0.1) is 0 Å². The van der Waals surface area contributed by atoms with E-state index in [1.54, 1.807) is 11.1 Å². The minimum atomic E-state index is -0.469. The molecule has 0 unspecified atom stereocenters. The molecule has 2 fully saturated rings. The number of anilines is 1. The summed E-state index contributed by atoms with van der Waals surface area (Å²) in [6.07, 6.45) is 3.84. The van der Waals surface area contributed by atoms with Gasteiger partial charge in [0.2, 0.25) is 11.8 Å². The van der Waals surface area contributed by atoms with Gasteiger partial charge in [0.25, 0.3) is 0 Å². The fourth-order valence-electron chi connectivity index (χ4n) is 5.05. The first-order chi connectivity index (χ1) is 14.5. The molecule has 2 aliphatic rings.